The summed E-state index contributed by atoms with van der Waals surface area (Å²) in [6, 6.07) is 0.575. The van der Waals surface area contributed by atoms with E-state index >= 15 is 0 Å². The van der Waals surface area contributed by atoms with E-state index in [0.717, 1.165) is 5.82 Å². The van der Waals surface area contributed by atoms with E-state index in [9.17, 15) is 0 Å². The molecular weight excluding hydrogens is 342 g/mol. The molecule has 162 valence electrons. The number of aromatic nitrogens is 3. The lowest BCUT2D eigenvalue weighted by Crippen LogP contribution is -2.11. The molecule has 28 heavy (non-hydrogen) atoms. The molecule has 1 aromatic heterocycles. The number of hydrogen-bond acceptors (Lipinski definition) is 2. The molecule has 3 heteroatoms. The van der Waals surface area contributed by atoms with Crippen LogP contribution in [0.2, 0.25) is 0 Å². The van der Waals surface area contributed by atoms with Gasteiger partial charge in [-0.1, -0.05) is 117 Å². The van der Waals surface area contributed by atoms with Gasteiger partial charge in [0.05, 0.1) is 6.04 Å². The summed E-state index contributed by atoms with van der Waals surface area (Å²) in [6.45, 7) is 4.60. The van der Waals surface area contributed by atoms with Crippen LogP contribution in [-0.4, -0.2) is 14.8 Å². The van der Waals surface area contributed by atoms with Crippen molar-refractivity contribution in [1.82, 2.24) is 14.8 Å². The van der Waals surface area contributed by atoms with E-state index in [1.807, 2.05) is 6.33 Å². The van der Waals surface area contributed by atoms with Crippen LogP contribution in [0.15, 0.2) is 6.33 Å². The Kier molecular flexibility index (Phi) is 12.6. The molecule has 1 saturated carbocycles. The molecule has 2 rings (SSSR count). The van der Waals surface area contributed by atoms with Gasteiger partial charge in [-0.05, 0) is 19.3 Å². The first-order chi connectivity index (χ1) is 13.8. The highest BCUT2D eigenvalue weighted by Crippen LogP contribution is 2.26. The van der Waals surface area contributed by atoms with Gasteiger partial charge >= 0.3 is 0 Å². The van der Waals surface area contributed by atoms with Crippen molar-refractivity contribution >= 4 is 0 Å². The van der Waals surface area contributed by atoms with Gasteiger partial charge in [0, 0.05) is 5.92 Å². The van der Waals surface area contributed by atoms with Crippen molar-refractivity contribution < 1.29 is 0 Å². The van der Waals surface area contributed by atoms with Crippen molar-refractivity contribution in [3.05, 3.63) is 12.2 Å². The zero-order chi connectivity index (χ0) is 19.9. The Balaban J connectivity index is 1.74. The molecule has 1 aromatic rings. The minimum absolute atomic E-state index is 0.503. The smallest absolute Gasteiger partial charge is 0.153 e. The highest BCUT2D eigenvalue weighted by Gasteiger charge is 2.16. The summed E-state index contributed by atoms with van der Waals surface area (Å²) in [5, 5.41) is 4.95. The zero-order valence-electron chi connectivity index (χ0n) is 19.0. The molecule has 1 unspecified atom stereocenters. The molecule has 1 aliphatic rings. The van der Waals surface area contributed by atoms with Crippen LogP contribution in [-0.2, 0) is 0 Å². The SMILES string of the molecule is CCCCCCCCCC(C)c1ncn(C2CCCCCCCCCCC2)n1. The summed E-state index contributed by atoms with van der Waals surface area (Å²) >= 11 is 0. The van der Waals surface area contributed by atoms with Crippen molar-refractivity contribution in [2.24, 2.45) is 0 Å². The molecule has 1 aliphatic carbocycles. The lowest BCUT2D eigenvalue weighted by molar-refractivity contribution is 0.358. The summed E-state index contributed by atoms with van der Waals surface area (Å²) < 4.78 is 2.22. The quantitative estimate of drug-likeness (QED) is 0.376. The maximum Gasteiger partial charge on any atom is 0.153 e. The Morgan fingerprint density at radius 3 is 1.96 bits per heavy atom. The average molecular weight is 390 g/mol. The molecular formula is C25H47N3. The van der Waals surface area contributed by atoms with Crippen LogP contribution in [0.3, 0.4) is 0 Å². The fourth-order valence-corrected chi connectivity index (χ4v) is 4.63. The number of rotatable bonds is 10. The second-order valence-corrected chi connectivity index (χ2v) is 9.31. The van der Waals surface area contributed by atoms with Gasteiger partial charge in [-0.2, -0.15) is 5.10 Å². The number of hydrogen-bond donors (Lipinski definition) is 0. The maximum absolute atomic E-state index is 4.95. The summed E-state index contributed by atoms with van der Waals surface area (Å²) in [7, 11) is 0. The Labute approximate surface area is 175 Å². The largest absolute Gasteiger partial charge is 0.250 e. The van der Waals surface area contributed by atoms with Gasteiger partial charge < -0.3 is 0 Å². The van der Waals surface area contributed by atoms with E-state index in [1.54, 1.807) is 0 Å². The van der Waals surface area contributed by atoms with Crippen LogP contribution in [0.1, 0.15) is 154 Å². The van der Waals surface area contributed by atoms with Crippen molar-refractivity contribution in [2.45, 2.75) is 148 Å². The molecule has 1 atom stereocenters. The Morgan fingerprint density at radius 2 is 1.36 bits per heavy atom. The van der Waals surface area contributed by atoms with Gasteiger partial charge in [-0.3, -0.25) is 0 Å². The Morgan fingerprint density at radius 1 is 0.821 bits per heavy atom. The lowest BCUT2D eigenvalue weighted by atomic mass is 9.98. The van der Waals surface area contributed by atoms with Gasteiger partial charge in [-0.25, -0.2) is 9.67 Å². The van der Waals surface area contributed by atoms with E-state index in [-0.39, 0.29) is 0 Å². The van der Waals surface area contributed by atoms with Gasteiger partial charge in [0.25, 0.3) is 0 Å². The van der Waals surface area contributed by atoms with Gasteiger partial charge in [0.1, 0.15) is 6.33 Å². The highest BCUT2D eigenvalue weighted by atomic mass is 15.3. The highest BCUT2D eigenvalue weighted by molar-refractivity contribution is 4.92. The summed E-state index contributed by atoms with van der Waals surface area (Å²) in [5.41, 5.74) is 0. The van der Waals surface area contributed by atoms with Crippen LogP contribution in [0, 0.1) is 0 Å². The predicted molar refractivity (Wildman–Crippen MR) is 121 cm³/mol. The molecule has 0 amide bonds. The van der Waals surface area contributed by atoms with E-state index in [4.69, 9.17) is 10.1 Å². The van der Waals surface area contributed by atoms with Crippen molar-refractivity contribution in [2.75, 3.05) is 0 Å². The first-order valence-corrected chi connectivity index (χ1v) is 12.7. The second-order valence-electron chi connectivity index (χ2n) is 9.31. The van der Waals surface area contributed by atoms with Gasteiger partial charge in [0.15, 0.2) is 5.82 Å². The minimum atomic E-state index is 0.503. The fraction of sp³-hybridized carbons (Fsp3) is 0.920. The molecule has 1 fully saturated rings. The first-order valence-electron chi connectivity index (χ1n) is 12.7. The number of unbranched alkanes of at least 4 members (excludes halogenated alkanes) is 6. The molecule has 0 spiro atoms. The van der Waals surface area contributed by atoms with Gasteiger partial charge in [-0.15, -0.1) is 0 Å². The predicted octanol–water partition coefficient (Wildman–Crippen LogP) is 8.37. The molecule has 3 nitrogen and oxygen atoms in total. The van der Waals surface area contributed by atoms with Crippen molar-refractivity contribution in [1.29, 1.82) is 0 Å². The van der Waals surface area contributed by atoms with Crippen molar-refractivity contribution in [3.8, 4) is 0 Å². The maximum atomic E-state index is 4.95. The third-order valence-corrected chi connectivity index (χ3v) is 6.66. The molecule has 0 aromatic carbocycles. The molecule has 0 N–H and O–H groups in total. The van der Waals surface area contributed by atoms with Crippen molar-refractivity contribution in [3.63, 3.8) is 0 Å². The second kappa shape index (κ2) is 15.0. The standard InChI is InChI=1S/C25H47N3/c1-3-4-5-6-10-13-16-19-23(2)25-26-22-28(27-25)24-20-17-14-11-8-7-9-12-15-18-21-24/h22-24H,3-21H2,1-2H3. The van der Waals surface area contributed by atoms with Crippen LogP contribution in [0.25, 0.3) is 0 Å². The lowest BCUT2D eigenvalue weighted by Gasteiger charge is -2.18. The van der Waals surface area contributed by atoms with E-state index in [0.29, 0.717) is 12.0 Å². The van der Waals surface area contributed by atoms with E-state index in [2.05, 4.69) is 18.5 Å². The third-order valence-electron chi connectivity index (χ3n) is 6.66. The normalized spacial score (nSPS) is 19.1. The summed E-state index contributed by atoms with van der Waals surface area (Å²) in [5.74, 6) is 1.58. The first kappa shape index (κ1) is 23.4. The Hall–Kier alpha value is -0.860. The number of nitrogens with zero attached hydrogens (tertiary/aromatic N) is 3. The summed E-state index contributed by atoms with van der Waals surface area (Å²) in [4.78, 5) is 4.71. The van der Waals surface area contributed by atoms with Crippen LogP contribution in [0.5, 0.6) is 0 Å². The average Bonchev–Trinajstić information content (AvgIpc) is 3.18. The molecule has 0 saturated heterocycles. The van der Waals surface area contributed by atoms with E-state index in [1.165, 1.54) is 122 Å². The van der Waals surface area contributed by atoms with E-state index < -0.39 is 0 Å². The fourth-order valence-electron chi connectivity index (χ4n) is 4.63. The summed E-state index contributed by atoms with van der Waals surface area (Å²) in [6.07, 6.45) is 28.2. The van der Waals surface area contributed by atoms with Crippen LogP contribution in [0.4, 0.5) is 0 Å². The molecule has 0 radical (unpaired) electrons. The minimum Gasteiger partial charge on any atom is -0.250 e. The zero-order valence-corrected chi connectivity index (χ0v) is 19.0. The topological polar surface area (TPSA) is 30.7 Å². The van der Waals surface area contributed by atoms with Gasteiger partial charge in [0.2, 0.25) is 0 Å². The molecule has 0 bridgehead atoms. The monoisotopic (exact) mass is 389 g/mol. The molecule has 1 heterocycles. The molecule has 0 aliphatic heterocycles. The third kappa shape index (κ3) is 9.56. The van der Waals surface area contributed by atoms with Crippen LogP contribution < -0.4 is 0 Å². The Bertz CT molecular complexity index is 470. The van der Waals surface area contributed by atoms with Crippen LogP contribution >= 0.6 is 0 Å².